The van der Waals surface area contributed by atoms with Crippen molar-refractivity contribution in [2.24, 2.45) is 5.92 Å². The fourth-order valence-corrected chi connectivity index (χ4v) is 1.80. The summed E-state index contributed by atoms with van der Waals surface area (Å²) >= 11 is 0. The molecule has 0 atom stereocenters. The number of hydrogen-bond acceptors (Lipinski definition) is 5. The maximum Gasteiger partial charge on any atom is 0.374 e. The number of carbonyl (C=O) groups excluding carboxylic acids is 1. The first kappa shape index (κ1) is 14.1. The van der Waals surface area contributed by atoms with Gasteiger partial charge in [0.05, 0.1) is 13.4 Å². The molecule has 1 heterocycles. The van der Waals surface area contributed by atoms with Gasteiger partial charge in [0.1, 0.15) is 0 Å². The van der Waals surface area contributed by atoms with Gasteiger partial charge < -0.3 is 19.2 Å². The summed E-state index contributed by atoms with van der Waals surface area (Å²) in [5, 5.41) is 3.26. The summed E-state index contributed by atoms with van der Waals surface area (Å²) in [5.41, 5.74) is 0.825. The first-order valence-electron chi connectivity index (χ1n) is 6.74. The minimum atomic E-state index is -0.436. The summed E-state index contributed by atoms with van der Waals surface area (Å²) in [5.74, 6) is 0.663. The predicted molar refractivity (Wildman–Crippen MR) is 69.9 cm³/mol. The fourth-order valence-electron chi connectivity index (χ4n) is 1.80. The van der Waals surface area contributed by atoms with Gasteiger partial charge in [-0.15, -0.1) is 0 Å². The van der Waals surface area contributed by atoms with Gasteiger partial charge in [0.2, 0.25) is 5.76 Å². The van der Waals surface area contributed by atoms with Gasteiger partial charge in [-0.3, -0.25) is 0 Å². The van der Waals surface area contributed by atoms with Crippen molar-refractivity contribution in [1.29, 1.82) is 0 Å². The lowest BCUT2D eigenvalue weighted by Crippen LogP contribution is -2.18. The molecule has 1 aromatic rings. The van der Waals surface area contributed by atoms with Gasteiger partial charge >= 0.3 is 5.97 Å². The van der Waals surface area contributed by atoms with Crippen LogP contribution >= 0.6 is 0 Å². The number of furan rings is 1. The van der Waals surface area contributed by atoms with Gasteiger partial charge in [-0.1, -0.05) is 0 Å². The lowest BCUT2D eigenvalue weighted by atomic mass is 10.2. The van der Waals surface area contributed by atoms with Gasteiger partial charge in [0.15, 0.2) is 0 Å². The number of esters is 1. The summed E-state index contributed by atoms with van der Waals surface area (Å²) in [4.78, 5) is 11.4. The third-order valence-electron chi connectivity index (χ3n) is 3.13. The Bertz CT molecular complexity index is 398. The highest BCUT2D eigenvalue weighted by Crippen LogP contribution is 2.28. The van der Waals surface area contributed by atoms with Gasteiger partial charge in [-0.2, -0.15) is 0 Å². The van der Waals surface area contributed by atoms with Crippen LogP contribution in [0.3, 0.4) is 0 Å². The van der Waals surface area contributed by atoms with Crippen LogP contribution in [0.1, 0.15) is 35.4 Å². The molecule has 0 aromatic carbocycles. The standard InChI is InChI=1S/C14H21NO4/c1-17-14(16)13-12(5-8-19-13)9-15-6-2-7-18-10-11-3-4-11/h5,8,11,15H,2-4,6-7,9-10H2,1H3. The number of rotatable bonds is 9. The van der Waals surface area contributed by atoms with E-state index in [1.54, 1.807) is 6.07 Å². The first-order chi connectivity index (χ1) is 9.31. The van der Waals surface area contributed by atoms with Crippen LogP contribution in [0.5, 0.6) is 0 Å². The van der Waals surface area contributed by atoms with E-state index in [9.17, 15) is 4.79 Å². The highest BCUT2D eigenvalue weighted by atomic mass is 16.5. The molecule has 5 heteroatoms. The van der Waals surface area contributed by atoms with Gasteiger partial charge in [-0.05, 0) is 37.8 Å². The molecule has 1 aliphatic carbocycles. The van der Waals surface area contributed by atoms with Crippen molar-refractivity contribution in [3.63, 3.8) is 0 Å². The van der Waals surface area contributed by atoms with E-state index >= 15 is 0 Å². The van der Waals surface area contributed by atoms with Crippen LogP contribution in [0.25, 0.3) is 0 Å². The first-order valence-corrected chi connectivity index (χ1v) is 6.74. The summed E-state index contributed by atoms with van der Waals surface area (Å²) in [6.45, 7) is 3.16. The molecule has 0 spiro atoms. The number of nitrogens with one attached hydrogen (secondary N) is 1. The van der Waals surface area contributed by atoms with E-state index in [2.05, 4.69) is 10.1 Å². The van der Waals surface area contributed by atoms with E-state index in [0.717, 1.165) is 37.7 Å². The second-order valence-electron chi connectivity index (χ2n) is 4.82. The SMILES string of the molecule is COC(=O)c1occc1CNCCCOCC1CC1. The second kappa shape index (κ2) is 7.31. The summed E-state index contributed by atoms with van der Waals surface area (Å²) < 4.78 is 15.3. The molecule has 0 radical (unpaired) electrons. The predicted octanol–water partition coefficient (Wildman–Crippen LogP) is 1.97. The zero-order valence-electron chi connectivity index (χ0n) is 11.3. The fraction of sp³-hybridized carbons (Fsp3) is 0.643. The monoisotopic (exact) mass is 267 g/mol. The molecule has 0 aliphatic heterocycles. The van der Waals surface area contributed by atoms with Crippen molar-refractivity contribution in [3.8, 4) is 0 Å². The molecule has 5 nitrogen and oxygen atoms in total. The minimum Gasteiger partial charge on any atom is -0.463 e. The highest BCUT2D eigenvalue weighted by molar-refractivity contribution is 5.87. The maximum absolute atomic E-state index is 11.4. The Morgan fingerprint density at radius 1 is 1.53 bits per heavy atom. The zero-order chi connectivity index (χ0) is 13.5. The molecule has 1 saturated carbocycles. The van der Waals surface area contributed by atoms with E-state index in [4.69, 9.17) is 9.15 Å². The van der Waals surface area contributed by atoms with Gasteiger partial charge in [0, 0.05) is 25.3 Å². The van der Waals surface area contributed by atoms with E-state index in [1.807, 2.05) is 0 Å². The topological polar surface area (TPSA) is 60.7 Å². The van der Waals surface area contributed by atoms with Crippen LogP contribution in [0.2, 0.25) is 0 Å². The summed E-state index contributed by atoms with van der Waals surface area (Å²) in [7, 11) is 1.35. The van der Waals surface area contributed by atoms with Crippen molar-refractivity contribution < 1.29 is 18.7 Å². The van der Waals surface area contributed by atoms with E-state index in [0.29, 0.717) is 6.54 Å². The number of methoxy groups -OCH3 is 1. The Labute approximate surface area is 113 Å². The third-order valence-corrected chi connectivity index (χ3v) is 3.13. The maximum atomic E-state index is 11.4. The van der Waals surface area contributed by atoms with Crippen LogP contribution in [-0.2, 0) is 16.0 Å². The summed E-state index contributed by atoms with van der Waals surface area (Å²) in [6, 6.07) is 1.78. The van der Waals surface area contributed by atoms with Gasteiger partial charge in [0.25, 0.3) is 0 Å². The molecule has 0 amide bonds. The molecule has 106 valence electrons. The number of ether oxygens (including phenoxy) is 2. The van der Waals surface area contributed by atoms with Crippen LogP contribution in [0.15, 0.2) is 16.7 Å². The lowest BCUT2D eigenvalue weighted by Gasteiger charge is -2.05. The Balaban J connectivity index is 1.57. The molecule has 19 heavy (non-hydrogen) atoms. The van der Waals surface area contributed by atoms with Crippen LogP contribution in [-0.4, -0.2) is 32.8 Å². The number of hydrogen-bond donors (Lipinski definition) is 1. The Hall–Kier alpha value is -1.33. The minimum absolute atomic E-state index is 0.278. The van der Waals surface area contributed by atoms with Crippen LogP contribution in [0, 0.1) is 5.92 Å². The van der Waals surface area contributed by atoms with Crippen molar-refractivity contribution >= 4 is 5.97 Å². The van der Waals surface area contributed by atoms with Gasteiger partial charge in [-0.25, -0.2) is 4.79 Å². The highest BCUT2D eigenvalue weighted by Gasteiger charge is 2.20. The Morgan fingerprint density at radius 3 is 3.11 bits per heavy atom. The third kappa shape index (κ3) is 4.69. The molecular weight excluding hydrogens is 246 g/mol. The normalized spacial score (nSPS) is 14.6. The molecular formula is C14H21NO4. The van der Waals surface area contributed by atoms with Crippen LogP contribution < -0.4 is 5.32 Å². The van der Waals surface area contributed by atoms with E-state index in [1.165, 1.54) is 26.2 Å². The molecule has 0 unspecified atom stereocenters. The second-order valence-corrected chi connectivity index (χ2v) is 4.82. The van der Waals surface area contributed by atoms with Crippen molar-refractivity contribution in [3.05, 3.63) is 23.7 Å². The molecule has 1 aromatic heterocycles. The molecule has 0 bridgehead atoms. The Kier molecular flexibility index (Phi) is 5.42. The molecule has 2 rings (SSSR count). The largest absolute Gasteiger partial charge is 0.463 e. The van der Waals surface area contributed by atoms with Crippen LogP contribution in [0.4, 0.5) is 0 Å². The van der Waals surface area contributed by atoms with E-state index < -0.39 is 5.97 Å². The zero-order valence-corrected chi connectivity index (χ0v) is 11.3. The lowest BCUT2D eigenvalue weighted by molar-refractivity contribution is 0.0563. The van der Waals surface area contributed by atoms with Crippen molar-refractivity contribution in [1.82, 2.24) is 5.32 Å². The summed E-state index contributed by atoms with van der Waals surface area (Å²) in [6.07, 6.45) is 5.13. The Morgan fingerprint density at radius 2 is 2.37 bits per heavy atom. The quantitative estimate of drug-likeness (QED) is 0.547. The van der Waals surface area contributed by atoms with Crippen molar-refractivity contribution in [2.75, 3.05) is 26.9 Å². The average molecular weight is 267 g/mol. The van der Waals surface area contributed by atoms with Crippen molar-refractivity contribution in [2.45, 2.75) is 25.8 Å². The van der Waals surface area contributed by atoms with E-state index in [-0.39, 0.29) is 5.76 Å². The smallest absolute Gasteiger partial charge is 0.374 e. The molecule has 1 N–H and O–H groups in total. The number of carbonyl (C=O) groups is 1. The molecule has 1 aliphatic rings. The molecule has 0 saturated heterocycles. The average Bonchev–Trinajstić information content (AvgIpc) is 3.13. The molecule has 1 fully saturated rings.